The van der Waals surface area contributed by atoms with E-state index in [2.05, 4.69) is 4.90 Å². The van der Waals surface area contributed by atoms with Crippen LogP contribution in [0.1, 0.15) is 12.8 Å². The standard InChI is InChI=1S/C8H18N2O2S.2ClH/c1-13(11,12)7-6-10-4-2-8(9)3-5-10;;/h8H,2-7,9H2,1H3;2*1H. The van der Waals surface area contributed by atoms with Gasteiger partial charge in [-0.3, -0.25) is 0 Å². The van der Waals surface area contributed by atoms with E-state index in [0.717, 1.165) is 25.9 Å². The molecule has 1 aliphatic rings. The Bertz CT molecular complexity index is 251. The monoisotopic (exact) mass is 278 g/mol. The average molecular weight is 279 g/mol. The normalized spacial score (nSPS) is 19.1. The first kappa shape index (κ1) is 17.8. The molecular formula is C8H20Cl2N2O2S. The molecule has 0 aromatic heterocycles. The van der Waals surface area contributed by atoms with Crippen LogP contribution in [0.3, 0.4) is 0 Å². The fraction of sp³-hybridized carbons (Fsp3) is 1.00. The molecule has 0 aromatic carbocycles. The van der Waals surface area contributed by atoms with E-state index in [1.54, 1.807) is 0 Å². The van der Waals surface area contributed by atoms with Crippen molar-refractivity contribution in [1.29, 1.82) is 0 Å². The maximum atomic E-state index is 10.9. The largest absolute Gasteiger partial charge is 0.328 e. The molecule has 0 spiro atoms. The van der Waals surface area contributed by atoms with Crippen molar-refractivity contribution in [2.45, 2.75) is 18.9 Å². The molecule has 1 heterocycles. The van der Waals surface area contributed by atoms with Crippen molar-refractivity contribution in [3.63, 3.8) is 0 Å². The minimum atomic E-state index is -2.81. The summed E-state index contributed by atoms with van der Waals surface area (Å²) in [5.41, 5.74) is 5.73. The van der Waals surface area contributed by atoms with Crippen LogP contribution in [0.15, 0.2) is 0 Å². The van der Waals surface area contributed by atoms with Crippen LogP contribution in [-0.2, 0) is 9.84 Å². The number of hydrogen-bond donors (Lipinski definition) is 1. The van der Waals surface area contributed by atoms with Crippen LogP contribution in [0.4, 0.5) is 0 Å². The summed E-state index contributed by atoms with van der Waals surface area (Å²) in [6, 6.07) is 0.314. The average Bonchev–Trinajstić information content (AvgIpc) is 2.02. The lowest BCUT2D eigenvalue weighted by molar-refractivity contribution is 0.224. The number of rotatable bonds is 3. The molecule has 0 aromatic rings. The van der Waals surface area contributed by atoms with Gasteiger partial charge in [-0.2, -0.15) is 0 Å². The SMILES string of the molecule is CS(=O)(=O)CCN1CCC(N)CC1.Cl.Cl. The fourth-order valence-corrected chi connectivity index (χ4v) is 2.06. The van der Waals surface area contributed by atoms with Crippen molar-refractivity contribution in [2.24, 2.45) is 5.73 Å². The molecule has 0 atom stereocenters. The van der Waals surface area contributed by atoms with E-state index < -0.39 is 9.84 Å². The van der Waals surface area contributed by atoms with Gasteiger partial charge in [0.1, 0.15) is 9.84 Å². The molecule has 0 saturated carbocycles. The van der Waals surface area contributed by atoms with Gasteiger partial charge in [-0.05, 0) is 25.9 Å². The minimum Gasteiger partial charge on any atom is -0.328 e. The quantitative estimate of drug-likeness (QED) is 0.807. The Morgan fingerprint density at radius 3 is 2.13 bits per heavy atom. The van der Waals surface area contributed by atoms with E-state index in [1.807, 2.05) is 0 Å². The molecular weight excluding hydrogens is 259 g/mol. The first-order chi connectivity index (χ1) is 5.97. The van der Waals surface area contributed by atoms with Gasteiger partial charge in [0.05, 0.1) is 5.75 Å². The van der Waals surface area contributed by atoms with Gasteiger partial charge in [0.2, 0.25) is 0 Å². The Morgan fingerprint density at radius 1 is 1.27 bits per heavy atom. The fourth-order valence-electron chi connectivity index (χ4n) is 1.47. The molecule has 0 unspecified atom stereocenters. The Morgan fingerprint density at radius 2 is 1.73 bits per heavy atom. The van der Waals surface area contributed by atoms with Crippen LogP contribution in [0, 0.1) is 0 Å². The molecule has 1 fully saturated rings. The van der Waals surface area contributed by atoms with Gasteiger partial charge < -0.3 is 10.6 Å². The third-order valence-electron chi connectivity index (χ3n) is 2.41. The van der Waals surface area contributed by atoms with Gasteiger partial charge in [-0.25, -0.2) is 8.42 Å². The molecule has 1 aliphatic heterocycles. The first-order valence-electron chi connectivity index (χ1n) is 4.63. The summed E-state index contributed by atoms with van der Waals surface area (Å²) in [6.07, 6.45) is 3.26. The van der Waals surface area contributed by atoms with Gasteiger partial charge in [0, 0.05) is 18.8 Å². The van der Waals surface area contributed by atoms with Crippen LogP contribution in [0.2, 0.25) is 0 Å². The van der Waals surface area contributed by atoms with Crippen LogP contribution < -0.4 is 5.73 Å². The molecule has 1 rings (SSSR count). The number of hydrogen-bond acceptors (Lipinski definition) is 4. The molecule has 1 saturated heterocycles. The topological polar surface area (TPSA) is 63.4 Å². The molecule has 4 nitrogen and oxygen atoms in total. The van der Waals surface area contributed by atoms with Gasteiger partial charge in [-0.15, -0.1) is 24.8 Å². The lowest BCUT2D eigenvalue weighted by Gasteiger charge is -2.29. The van der Waals surface area contributed by atoms with Crippen molar-refractivity contribution in [2.75, 3.05) is 31.6 Å². The minimum absolute atomic E-state index is 0. The number of likely N-dealkylation sites (tertiary alicyclic amines) is 1. The van der Waals surface area contributed by atoms with Crippen LogP contribution in [-0.4, -0.2) is 51.0 Å². The van der Waals surface area contributed by atoms with Crippen molar-refractivity contribution in [3.05, 3.63) is 0 Å². The first-order valence-corrected chi connectivity index (χ1v) is 6.69. The summed E-state index contributed by atoms with van der Waals surface area (Å²) in [6.45, 7) is 2.54. The highest BCUT2D eigenvalue weighted by atomic mass is 35.5. The maximum Gasteiger partial charge on any atom is 0.148 e. The zero-order valence-corrected chi connectivity index (χ0v) is 11.3. The van der Waals surface area contributed by atoms with E-state index in [-0.39, 0.29) is 30.6 Å². The third-order valence-corrected chi connectivity index (χ3v) is 3.33. The molecule has 7 heteroatoms. The highest BCUT2D eigenvalue weighted by Gasteiger charge is 2.16. The molecule has 0 radical (unpaired) electrons. The predicted molar refractivity (Wildman–Crippen MR) is 67.9 cm³/mol. The molecule has 0 aliphatic carbocycles. The molecule has 2 N–H and O–H groups in total. The molecule has 0 amide bonds. The van der Waals surface area contributed by atoms with Crippen LogP contribution in [0.25, 0.3) is 0 Å². The number of piperidine rings is 1. The van der Waals surface area contributed by atoms with E-state index in [9.17, 15) is 8.42 Å². The summed E-state index contributed by atoms with van der Waals surface area (Å²) < 4.78 is 21.8. The van der Waals surface area contributed by atoms with Crippen LogP contribution in [0.5, 0.6) is 0 Å². The van der Waals surface area contributed by atoms with Gasteiger partial charge in [-0.1, -0.05) is 0 Å². The van der Waals surface area contributed by atoms with E-state index in [1.165, 1.54) is 6.26 Å². The Kier molecular flexibility index (Phi) is 9.13. The van der Waals surface area contributed by atoms with Crippen molar-refractivity contribution in [3.8, 4) is 0 Å². The number of nitrogens with two attached hydrogens (primary N) is 1. The predicted octanol–water partition coefficient (Wildman–Crippen LogP) is 0.298. The van der Waals surface area contributed by atoms with Crippen molar-refractivity contribution >= 4 is 34.7 Å². The Balaban J connectivity index is 0. The summed E-state index contributed by atoms with van der Waals surface area (Å²) in [7, 11) is -2.81. The number of sulfone groups is 1. The van der Waals surface area contributed by atoms with Crippen LogP contribution >= 0.6 is 24.8 Å². The maximum absolute atomic E-state index is 10.9. The molecule has 15 heavy (non-hydrogen) atoms. The summed E-state index contributed by atoms with van der Waals surface area (Å²) >= 11 is 0. The third kappa shape index (κ3) is 8.28. The molecule has 0 bridgehead atoms. The zero-order chi connectivity index (χ0) is 9.90. The second kappa shape index (κ2) is 7.68. The zero-order valence-electron chi connectivity index (χ0n) is 8.89. The summed E-state index contributed by atoms with van der Waals surface area (Å²) in [5, 5.41) is 0. The lowest BCUT2D eigenvalue weighted by atomic mass is 10.1. The van der Waals surface area contributed by atoms with Gasteiger partial charge >= 0.3 is 0 Å². The second-order valence-corrected chi connectivity index (χ2v) is 6.07. The Hall–Kier alpha value is 0.450. The smallest absolute Gasteiger partial charge is 0.148 e. The van der Waals surface area contributed by atoms with Gasteiger partial charge in [0.15, 0.2) is 0 Å². The number of halogens is 2. The summed E-state index contributed by atoms with van der Waals surface area (Å²) in [5.74, 6) is 0.266. The molecule has 94 valence electrons. The highest BCUT2D eigenvalue weighted by Crippen LogP contribution is 2.07. The lowest BCUT2D eigenvalue weighted by Crippen LogP contribution is -2.41. The van der Waals surface area contributed by atoms with E-state index >= 15 is 0 Å². The van der Waals surface area contributed by atoms with Gasteiger partial charge in [0.25, 0.3) is 0 Å². The Labute approximate surface area is 104 Å². The summed E-state index contributed by atoms with van der Waals surface area (Å²) in [4.78, 5) is 2.17. The second-order valence-electron chi connectivity index (χ2n) is 3.81. The van der Waals surface area contributed by atoms with Crippen molar-refractivity contribution in [1.82, 2.24) is 4.90 Å². The van der Waals surface area contributed by atoms with Crippen molar-refractivity contribution < 1.29 is 8.42 Å². The highest BCUT2D eigenvalue weighted by molar-refractivity contribution is 7.90. The van der Waals surface area contributed by atoms with E-state index in [0.29, 0.717) is 12.6 Å². The van der Waals surface area contributed by atoms with E-state index in [4.69, 9.17) is 5.73 Å². The number of nitrogens with zero attached hydrogens (tertiary/aromatic N) is 1.